The number of fused-ring (bicyclic) bond motifs is 2. The maximum atomic E-state index is 12.7. The molecule has 0 bridgehead atoms. The van der Waals surface area contributed by atoms with Crippen molar-refractivity contribution in [2.45, 2.75) is 13.0 Å². The maximum Gasteiger partial charge on any atom is 0.243 e. The largest absolute Gasteiger partial charge is 0.378 e. The zero-order chi connectivity index (χ0) is 28.2. The molecule has 1 unspecified atom stereocenters. The van der Waals surface area contributed by atoms with Gasteiger partial charge in [-0.25, -0.2) is 18.5 Å². The van der Waals surface area contributed by atoms with Crippen molar-refractivity contribution in [1.29, 1.82) is 0 Å². The maximum absolute atomic E-state index is 12.7. The van der Waals surface area contributed by atoms with E-state index in [1.165, 1.54) is 11.0 Å². The van der Waals surface area contributed by atoms with Crippen LogP contribution in [0.2, 0.25) is 0 Å². The zero-order valence-corrected chi connectivity index (χ0v) is 24.5. The number of aromatic amines is 1. The van der Waals surface area contributed by atoms with Crippen molar-refractivity contribution < 1.29 is 13.7 Å². The first-order valence-electron chi connectivity index (χ1n) is 13.9. The van der Waals surface area contributed by atoms with Crippen LogP contribution in [-0.2, 0) is 27.1 Å². The number of rotatable bonds is 10. The van der Waals surface area contributed by atoms with Crippen molar-refractivity contribution in [1.82, 2.24) is 34.7 Å². The highest BCUT2D eigenvalue weighted by atomic mass is 32.2. The molecule has 216 valence electrons. The summed E-state index contributed by atoms with van der Waals surface area (Å²) in [6.07, 6.45) is 3.76. The average molecular weight is 595 g/mol. The molecule has 2 N–H and O–H groups in total. The Labute approximate surface area is 245 Å². The summed E-state index contributed by atoms with van der Waals surface area (Å²) in [5, 5.41) is 11.0. The molecular weight excluding hydrogens is 560 g/mol. The predicted molar refractivity (Wildman–Crippen MR) is 163 cm³/mol. The lowest BCUT2D eigenvalue weighted by molar-refractivity contribution is -0.116. The number of morpholine rings is 1. The Morgan fingerprint density at radius 1 is 1.17 bits per heavy atom. The number of thiophene rings is 1. The van der Waals surface area contributed by atoms with Gasteiger partial charge in [0.05, 0.1) is 46.1 Å². The summed E-state index contributed by atoms with van der Waals surface area (Å²) in [5.74, 6) is 2.02. The van der Waals surface area contributed by atoms with E-state index >= 15 is 0 Å². The highest BCUT2D eigenvalue weighted by Crippen LogP contribution is 2.36. The van der Waals surface area contributed by atoms with E-state index in [-0.39, 0.29) is 5.91 Å². The number of benzene rings is 1. The number of hydrogen-bond acceptors (Lipinski definition) is 9. The van der Waals surface area contributed by atoms with Crippen LogP contribution in [0.15, 0.2) is 43.1 Å². The van der Waals surface area contributed by atoms with Gasteiger partial charge in [0.15, 0.2) is 11.6 Å². The van der Waals surface area contributed by atoms with Crippen LogP contribution in [0.1, 0.15) is 11.3 Å². The molecule has 13 heteroatoms. The van der Waals surface area contributed by atoms with Gasteiger partial charge < -0.3 is 15.0 Å². The van der Waals surface area contributed by atoms with E-state index in [1.807, 2.05) is 22.6 Å². The SMILES string of the molecule is C=CC(=O)NCCCS(=O)N1CCN(Cc2cc3nc(-c4cccc5[nH]ncc45)nc(N4CCOCC4)c3s2)CC1. The smallest absolute Gasteiger partial charge is 0.243 e. The molecule has 1 atom stereocenters. The third-order valence-electron chi connectivity index (χ3n) is 7.42. The number of piperazine rings is 1. The topological polar surface area (TPSA) is 120 Å². The van der Waals surface area contributed by atoms with Gasteiger partial charge >= 0.3 is 0 Å². The minimum atomic E-state index is -1.04. The number of amides is 1. The van der Waals surface area contributed by atoms with E-state index in [9.17, 15) is 9.00 Å². The summed E-state index contributed by atoms with van der Waals surface area (Å²) in [6, 6.07) is 8.27. The molecule has 6 rings (SSSR count). The van der Waals surface area contributed by atoms with Gasteiger partial charge in [0.25, 0.3) is 0 Å². The Morgan fingerprint density at radius 3 is 2.80 bits per heavy atom. The van der Waals surface area contributed by atoms with E-state index in [1.54, 1.807) is 11.3 Å². The molecule has 5 heterocycles. The molecule has 0 spiro atoms. The molecular formula is C28H34N8O3S2. The van der Waals surface area contributed by atoms with Crippen molar-refractivity contribution >= 4 is 55.2 Å². The number of hydrogen-bond donors (Lipinski definition) is 2. The van der Waals surface area contributed by atoms with Gasteiger partial charge in [-0.1, -0.05) is 18.7 Å². The van der Waals surface area contributed by atoms with Gasteiger partial charge in [0.2, 0.25) is 5.91 Å². The number of nitrogens with zero attached hydrogens (tertiary/aromatic N) is 6. The van der Waals surface area contributed by atoms with Crippen LogP contribution in [0, 0.1) is 0 Å². The van der Waals surface area contributed by atoms with Crippen molar-refractivity contribution in [2.24, 2.45) is 0 Å². The van der Waals surface area contributed by atoms with Gasteiger partial charge in [0.1, 0.15) is 0 Å². The van der Waals surface area contributed by atoms with Crippen LogP contribution in [0.25, 0.3) is 32.5 Å². The first kappa shape index (κ1) is 27.9. The molecule has 1 amide bonds. The second-order valence-corrected chi connectivity index (χ2v) is 12.8. The zero-order valence-electron chi connectivity index (χ0n) is 22.9. The van der Waals surface area contributed by atoms with Crippen molar-refractivity contribution in [3.8, 4) is 11.4 Å². The molecule has 2 fully saturated rings. The lowest BCUT2D eigenvalue weighted by Crippen LogP contribution is -2.46. The van der Waals surface area contributed by atoms with E-state index in [4.69, 9.17) is 14.7 Å². The molecule has 2 aliphatic rings. The Bertz CT molecular complexity index is 1560. The molecule has 0 saturated carbocycles. The average Bonchev–Trinajstić information content (AvgIpc) is 3.66. The summed E-state index contributed by atoms with van der Waals surface area (Å²) in [4.78, 5) is 27.4. The second-order valence-electron chi connectivity index (χ2n) is 10.1. The van der Waals surface area contributed by atoms with Gasteiger partial charge in [-0.3, -0.25) is 14.8 Å². The van der Waals surface area contributed by atoms with Crippen molar-refractivity contribution in [3.63, 3.8) is 0 Å². The summed E-state index contributed by atoms with van der Waals surface area (Å²) in [6.45, 7) is 11.0. The molecule has 11 nitrogen and oxygen atoms in total. The Morgan fingerprint density at radius 2 is 2.00 bits per heavy atom. The van der Waals surface area contributed by atoms with Crippen LogP contribution in [-0.4, -0.2) is 104 Å². The Balaban J connectivity index is 1.16. The minimum Gasteiger partial charge on any atom is -0.378 e. The van der Waals surface area contributed by atoms with Gasteiger partial charge in [-0.05, 0) is 24.6 Å². The van der Waals surface area contributed by atoms with E-state index in [0.29, 0.717) is 37.8 Å². The normalized spacial score (nSPS) is 17.7. The second kappa shape index (κ2) is 12.7. The highest BCUT2D eigenvalue weighted by Gasteiger charge is 2.24. The molecule has 41 heavy (non-hydrogen) atoms. The fraction of sp³-hybridized carbons (Fsp3) is 0.429. The summed E-state index contributed by atoms with van der Waals surface area (Å²) in [5.41, 5.74) is 2.89. The molecule has 1 aromatic carbocycles. The van der Waals surface area contributed by atoms with Gasteiger partial charge in [-0.15, -0.1) is 11.3 Å². The number of anilines is 1. The van der Waals surface area contributed by atoms with Gasteiger partial charge in [-0.2, -0.15) is 5.10 Å². The number of aromatic nitrogens is 4. The molecule has 0 aliphatic carbocycles. The summed E-state index contributed by atoms with van der Waals surface area (Å²) in [7, 11) is -1.04. The van der Waals surface area contributed by atoms with Crippen molar-refractivity contribution in [2.75, 3.05) is 69.7 Å². The Hall–Kier alpha value is -3.23. The molecule has 3 aromatic heterocycles. The molecule has 2 saturated heterocycles. The van der Waals surface area contributed by atoms with Crippen LogP contribution in [0.3, 0.4) is 0 Å². The van der Waals surface area contributed by atoms with Crippen molar-refractivity contribution in [3.05, 3.63) is 48.0 Å². The summed E-state index contributed by atoms with van der Waals surface area (Å²) >= 11 is 1.76. The van der Waals surface area contributed by atoms with Crippen LogP contribution in [0.5, 0.6) is 0 Å². The van der Waals surface area contributed by atoms with E-state index in [0.717, 1.165) is 78.3 Å². The Kier molecular flexibility index (Phi) is 8.67. The highest BCUT2D eigenvalue weighted by molar-refractivity contribution is 7.82. The van der Waals surface area contributed by atoms with Crippen LogP contribution < -0.4 is 10.2 Å². The number of carbonyl (C=O) groups excluding carboxylic acids is 1. The quantitative estimate of drug-likeness (QED) is 0.212. The number of carbonyl (C=O) groups is 1. The third-order valence-corrected chi connectivity index (χ3v) is 10.1. The van der Waals surface area contributed by atoms with Gasteiger partial charge in [0, 0.05) is 73.9 Å². The molecule has 0 radical (unpaired) electrons. The monoisotopic (exact) mass is 594 g/mol. The van der Waals surface area contributed by atoms with Crippen LogP contribution in [0.4, 0.5) is 5.82 Å². The van der Waals surface area contributed by atoms with E-state index in [2.05, 4.69) is 44.0 Å². The standard InChI is InChI=1S/C28H34N8O3S2/c1-2-25(37)29-7-4-16-41(38)36-10-8-34(9-11-36)19-20-17-24-26(40-20)28(35-12-14-39-15-13-35)32-27(31-24)21-5-3-6-23-22(21)18-30-33-23/h2-3,5-6,17-18H,1,4,7-16,19H2,(H,29,37)(H,30,33). The number of H-pyrrole nitrogens is 1. The van der Waals surface area contributed by atoms with Crippen LogP contribution >= 0.6 is 11.3 Å². The first-order valence-corrected chi connectivity index (χ1v) is 16.0. The fourth-order valence-electron chi connectivity index (χ4n) is 5.24. The summed E-state index contributed by atoms with van der Waals surface area (Å²) < 4.78 is 21.5. The molecule has 4 aromatic rings. The number of nitrogens with one attached hydrogen (secondary N) is 2. The predicted octanol–water partition coefficient (Wildman–Crippen LogP) is 2.54. The lowest BCUT2D eigenvalue weighted by atomic mass is 10.1. The van der Waals surface area contributed by atoms with E-state index < -0.39 is 11.0 Å². The molecule has 2 aliphatic heterocycles. The third kappa shape index (κ3) is 6.33. The number of ether oxygens (including phenoxy) is 1. The lowest BCUT2D eigenvalue weighted by Gasteiger charge is -2.33. The fourth-order valence-corrected chi connectivity index (χ4v) is 7.61. The first-order chi connectivity index (χ1) is 20.1. The minimum absolute atomic E-state index is 0.194.